The van der Waals surface area contributed by atoms with Gasteiger partial charge in [0, 0.05) is 17.2 Å². The highest BCUT2D eigenvalue weighted by atomic mass is 35.5. The molecule has 1 aromatic carbocycles. The Bertz CT molecular complexity index is 743. The minimum atomic E-state index is -5.07. The molecule has 1 heterocycles. The molecule has 1 aliphatic heterocycles. The zero-order valence-electron chi connectivity index (χ0n) is 14.7. The first-order valence-corrected chi connectivity index (χ1v) is 9.06. The third kappa shape index (κ3) is 4.67. The van der Waals surface area contributed by atoms with E-state index in [4.69, 9.17) is 27.9 Å². The molecule has 2 rings (SSSR count). The number of halogens is 5. The van der Waals surface area contributed by atoms with Crippen LogP contribution in [0.3, 0.4) is 0 Å². The zero-order chi connectivity index (χ0) is 20.4. The van der Waals surface area contributed by atoms with Gasteiger partial charge in [0.25, 0.3) is 11.6 Å². The predicted octanol–water partition coefficient (Wildman–Crippen LogP) is 4.79. The Balaban J connectivity index is 2.25. The van der Waals surface area contributed by atoms with E-state index in [2.05, 4.69) is 5.10 Å². The maximum atomic E-state index is 13.5. The monoisotopic (exact) mass is 426 g/mol. The van der Waals surface area contributed by atoms with Crippen molar-refractivity contribution in [3.05, 3.63) is 28.2 Å². The number of carbonyl (C=O) groups is 1. The molecule has 0 unspecified atom stereocenters. The first-order valence-electron chi connectivity index (χ1n) is 8.31. The van der Waals surface area contributed by atoms with Crippen LogP contribution in [0.15, 0.2) is 23.3 Å². The van der Waals surface area contributed by atoms with Crippen molar-refractivity contribution in [2.24, 2.45) is 5.10 Å². The quantitative estimate of drug-likeness (QED) is 0.710. The molecular weight excluding hydrogens is 408 g/mol. The van der Waals surface area contributed by atoms with Crippen LogP contribution >= 0.6 is 23.2 Å². The van der Waals surface area contributed by atoms with Crippen LogP contribution in [-0.2, 0) is 4.79 Å². The standard InChI is InChI=1S/C17H19Cl2F3N2O3/c1-3-4-5-12-9-16(26,17(20,21)22)24(23-12)15(25)10(2)27-14-7-6-11(18)8-13(14)19/h6-8,10,26H,3-5,9H2,1-2H3/t10-,16+/m0/s1. The summed E-state index contributed by atoms with van der Waals surface area (Å²) in [6, 6.07) is 4.23. The van der Waals surface area contributed by atoms with E-state index < -0.39 is 30.3 Å². The summed E-state index contributed by atoms with van der Waals surface area (Å²) in [7, 11) is 0. The van der Waals surface area contributed by atoms with E-state index in [-0.39, 0.29) is 27.9 Å². The maximum absolute atomic E-state index is 13.5. The zero-order valence-corrected chi connectivity index (χ0v) is 16.2. The van der Waals surface area contributed by atoms with Crippen molar-refractivity contribution in [2.45, 2.75) is 57.5 Å². The van der Waals surface area contributed by atoms with Gasteiger partial charge in [0.1, 0.15) is 5.75 Å². The smallest absolute Gasteiger partial charge is 0.438 e. The van der Waals surface area contributed by atoms with E-state index >= 15 is 0 Å². The van der Waals surface area contributed by atoms with Gasteiger partial charge in [-0.05, 0) is 38.0 Å². The minimum absolute atomic E-state index is 0.0758. The van der Waals surface area contributed by atoms with Crippen molar-refractivity contribution >= 4 is 34.8 Å². The fourth-order valence-corrected chi connectivity index (χ4v) is 3.03. The predicted molar refractivity (Wildman–Crippen MR) is 96.0 cm³/mol. The van der Waals surface area contributed by atoms with Crippen molar-refractivity contribution in [1.82, 2.24) is 5.01 Å². The van der Waals surface area contributed by atoms with Crippen molar-refractivity contribution in [3.8, 4) is 5.75 Å². The summed E-state index contributed by atoms with van der Waals surface area (Å²) in [6.45, 7) is 3.13. The van der Waals surface area contributed by atoms with E-state index in [0.717, 1.165) is 6.42 Å². The molecular formula is C17H19Cl2F3N2O3. The average molecular weight is 427 g/mol. The molecule has 0 aliphatic carbocycles. The summed E-state index contributed by atoms with van der Waals surface area (Å²) in [5.41, 5.74) is -3.28. The van der Waals surface area contributed by atoms with E-state index in [1.807, 2.05) is 6.92 Å². The van der Waals surface area contributed by atoms with Crippen molar-refractivity contribution in [2.75, 3.05) is 0 Å². The largest absolute Gasteiger partial charge is 0.479 e. The van der Waals surface area contributed by atoms with Gasteiger partial charge in [-0.1, -0.05) is 36.5 Å². The van der Waals surface area contributed by atoms with Crippen molar-refractivity contribution in [3.63, 3.8) is 0 Å². The third-order valence-corrected chi connectivity index (χ3v) is 4.60. The van der Waals surface area contributed by atoms with Crippen molar-refractivity contribution < 1.29 is 27.8 Å². The number of alkyl halides is 3. The number of hydrogen-bond acceptors (Lipinski definition) is 4. The number of rotatable bonds is 6. The van der Waals surface area contributed by atoms with Crippen LogP contribution < -0.4 is 4.74 Å². The second-order valence-electron chi connectivity index (χ2n) is 6.25. The van der Waals surface area contributed by atoms with Crippen LogP contribution in [0.25, 0.3) is 0 Å². The first kappa shape index (κ1) is 21.8. The van der Waals surface area contributed by atoms with E-state index in [1.165, 1.54) is 25.1 Å². The van der Waals surface area contributed by atoms with Gasteiger partial charge in [0.05, 0.1) is 5.02 Å². The molecule has 1 aliphatic rings. The van der Waals surface area contributed by atoms with Crippen molar-refractivity contribution in [1.29, 1.82) is 0 Å². The minimum Gasteiger partial charge on any atom is -0.479 e. The van der Waals surface area contributed by atoms with E-state index in [0.29, 0.717) is 11.4 Å². The number of carbonyl (C=O) groups excluding carboxylic acids is 1. The highest BCUT2D eigenvalue weighted by Crippen LogP contribution is 2.41. The first-order chi connectivity index (χ1) is 12.5. The normalized spacial score (nSPS) is 21.2. The molecule has 10 heteroatoms. The van der Waals surface area contributed by atoms with Crippen LogP contribution in [0.2, 0.25) is 10.0 Å². The Hall–Kier alpha value is -1.51. The van der Waals surface area contributed by atoms with Gasteiger partial charge in [0.15, 0.2) is 6.10 Å². The molecule has 1 aromatic rings. The maximum Gasteiger partial charge on any atom is 0.438 e. The number of nitrogens with zero attached hydrogens (tertiary/aromatic N) is 2. The topological polar surface area (TPSA) is 62.1 Å². The number of hydrogen-bond donors (Lipinski definition) is 1. The lowest BCUT2D eigenvalue weighted by Gasteiger charge is -2.33. The van der Waals surface area contributed by atoms with Gasteiger partial charge < -0.3 is 9.84 Å². The molecule has 5 nitrogen and oxygen atoms in total. The van der Waals surface area contributed by atoms with Gasteiger partial charge in [-0.25, -0.2) is 0 Å². The molecule has 0 spiro atoms. The van der Waals surface area contributed by atoms with Gasteiger partial charge in [-0.2, -0.15) is 23.3 Å². The van der Waals surface area contributed by atoms with Crippen LogP contribution in [0, 0.1) is 0 Å². The lowest BCUT2D eigenvalue weighted by molar-refractivity contribution is -0.303. The second kappa shape index (κ2) is 8.24. The Morgan fingerprint density at radius 1 is 1.44 bits per heavy atom. The summed E-state index contributed by atoms with van der Waals surface area (Å²) >= 11 is 11.7. The number of aliphatic hydroxyl groups is 1. The number of ether oxygens (including phenoxy) is 1. The summed E-state index contributed by atoms with van der Waals surface area (Å²) < 4.78 is 45.7. The van der Waals surface area contributed by atoms with Gasteiger partial charge >= 0.3 is 6.18 Å². The summed E-state index contributed by atoms with van der Waals surface area (Å²) in [4.78, 5) is 12.6. The molecule has 0 radical (unpaired) electrons. The summed E-state index contributed by atoms with van der Waals surface area (Å²) in [5.74, 6) is -1.06. The SMILES string of the molecule is CCCCC1=NN(C(=O)[C@H](C)Oc2ccc(Cl)cc2Cl)[C@](O)(C(F)(F)F)C1. The Morgan fingerprint density at radius 3 is 2.67 bits per heavy atom. The molecule has 1 N–H and O–H groups in total. The third-order valence-electron chi connectivity index (χ3n) is 4.07. The van der Waals surface area contributed by atoms with Crippen LogP contribution in [0.1, 0.15) is 39.5 Å². The van der Waals surface area contributed by atoms with E-state index in [9.17, 15) is 23.1 Å². The highest BCUT2D eigenvalue weighted by Gasteiger charge is 2.63. The molecule has 150 valence electrons. The van der Waals surface area contributed by atoms with Crippen LogP contribution in [0.5, 0.6) is 5.75 Å². The number of benzene rings is 1. The number of amides is 1. The average Bonchev–Trinajstić information content (AvgIpc) is 2.92. The Kier molecular flexibility index (Phi) is 6.65. The molecule has 0 aromatic heterocycles. The molecule has 1 amide bonds. The summed E-state index contributed by atoms with van der Waals surface area (Å²) in [6.07, 6.45) is -5.62. The highest BCUT2D eigenvalue weighted by molar-refractivity contribution is 6.35. The summed E-state index contributed by atoms with van der Waals surface area (Å²) in [5, 5.41) is 14.5. The fourth-order valence-electron chi connectivity index (χ4n) is 2.57. The van der Waals surface area contributed by atoms with Gasteiger partial charge in [-0.3, -0.25) is 4.79 Å². The Morgan fingerprint density at radius 2 is 2.11 bits per heavy atom. The molecule has 0 saturated carbocycles. The van der Waals surface area contributed by atoms with Gasteiger partial charge in [0.2, 0.25) is 0 Å². The second-order valence-corrected chi connectivity index (χ2v) is 7.09. The molecule has 0 fully saturated rings. The van der Waals surface area contributed by atoms with Gasteiger partial charge in [-0.15, -0.1) is 0 Å². The molecule has 0 bridgehead atoms. The number of unbranched alkanes of at least 4 members (excludes halogenated alkanes) is 1. The fraction of sp³-hybridized carbons (Fsp3) is 0.529. The van der Waals surface area contributed by atoms with E-state index in [1.54, 1.807) is 0 Å². The Labute approximate surface area is 164 Å². The van der Waals surface area contributed by atoms with Crippen LogP contribution in [-0.4, -0.2) is 39.7 Å². The van der Waals surface area contributed by atoms with Crippen LogP contribution in [0.4, 0.5) is 13.2 Å². The number of hydrazone groups is 1. The molecule has 27 heavy (non-hydrogen) atoms. The molecule has 2 atom stereocenters. The lowest BCUT2D eigenvalue weighted by Crippen LogP contribution is -2.58. The lowest BCUT2D eigenvalue weighted by atomic mass is 10.0. The molecule has 0 saturated heterocycles.